The number of benzene rings is 1. The molecule has 0 bridgehead atoms. The van der Waals surface area contributed by atoms with E-state index in [1.165, 1.54) is 25.9 Å². The quantitative estimate of drug-likeness (QED) is 0.695. The second-order valence-electron chi connectivity index (χ2n) is 5.39. The molecule has 0 radical (unpaired) electrons. The Hall–Kier alpha value is -1.33. The Morgan fingerprint density at radius 2 is 2.10 bits per heavy atom. The summed E-state index contributed by atoms with van der Waals surface area (Å²) in [5.41, 5.74) is 0.988. The number of ether oxygens (including phenoxy) is 1. The molecule has 0 aliphatic carbocycles. The van der Waals surface area contributed by atoms with Crippen LogP contribution in [0.1, 0.15) is 26.7 Å². The summed E-state index contributed by atoms with van der Waals surface area (Å²) in [4.78, 5) is 1.69. The third kappa shape index (κ3) is 4.86. The van der Waals surface area contributed by atoms with Crippen molar-refractivity contribution < 1.29 is 9.64 Å². The van der Waals surface area contributed by atoms with Crippen LogP contribution >= 0.6 is 12.2 Å². The van der Waals surface area contributed by atoms with Crippen molar-refractivity contribution in [1.29, 1.82) is 0 Å². The fourth-order valence-corrected chi connectivity index (χ4v) is 3.09. The van der Waals surface area contributed by atoms with Gasteiger partial charge in [-0.3, -0.25) is 0 Å². The van der Waals surface area contributed by atoms with E-state index in [0.717, 1.165) is 18.0 Å². The predicted octanol–water partition coefficient (Wildman–Crippen LogP) is 1.44. The van der Waals surface area contributed by atoms with Gasteiger partial charge in [0.05, 0.1) is 26.2 Å². The summed E-state index contributed by atoms with van der Waals surface area (Å²) in [5, 5.41) is 7.26. The molecule has 2 atom stereocenters. The first-order chi connectivity index (χ1) is 10.2. The van der Waals surface area contributed by atoms with E-state index >= 15 is 0 Å². The number of rotatable bonds is 6. The number of anilines is 1. The normalized spacial score (nSPS) is 21.0. The monoisotopic (exact) mass is 308 g/mol. The summed E-state index contributed by atoms with van der Waals surface area (Å²) >= 11 is 5.37. The third-order valence-electron chi connectivity index (χ3n) is 4.01. The van der Waals surface area contributed by atoms with Crippen LogP contribution in [0, 0.1) is 0 Å². The summed E-state index contributed by atoms with van der Waals surface area (Å²) < 4.78 is 5.43. The second kappa shape index (κ2) is 8.20. The fourth-order valence-electron chi connectivity index (χ4n) is 2.89. The van der Waals surface area contributed by atoms with Crippen LogP contribution in [0.2, 0.25) is 0 Å². The van der Waals surface area contributed by atoms with Gasteiger partial charge in [-0.15, -0.1) is 0 Å². The van der Waals surface area contributed by atoms with E-state index in [9.17, 15) is 0 Å². The van der Waals surface area contributed by atoms with Crippen molar-refractivity contribution >= 4 is 23.0 Å². The number of likely N-dealkylation sites (tertiary alicyclic amines) is 1. The summed E-state index contributed by atoms with van der Waals surface area (Å²) in [6.07, 6.45) is 2.62. The lowest BCUT2D eigenvalue weighted by Crippen LogP contribution is -3.14. The highest BCUT2D eigenvalue weighted by Crippen LogP contribution is 2.15. The second-order valence-corrected chi connectivity index (χ2v) is 5.80. The lowest BCUT2D eigenvalue weighted by Gasteiger charge is -2.21. The van der Waals surface area contributed by atoms with Gasteiger partial charge in [0.25, 0.3) is 0 Å². The molecule has 1 aliphatic heterocycles. The van der Waals surface area contributed by atoms with Gasteiger partial charge in [0.2, 0.25) is 0 Å². The van der Waals surface area contributed by atoms with Crippen molar-refractivity contribution in [3.8, 4) is 5.75 Å². The molecule has 0 aromatic heterocycles. The Bertz CT molecular complexity index is 449. The van der Waals surface area contributed by atoms with Gasteiger partial charge in [-0.2, -0.15) is 0 Å². The first kappa shape index (κ1) is 16.0. The van der Waals surface area contributed by atoms with Gasteiger partial charge in [-0.05, 0) is 50.3 Å². The average molecular weight is 308 g/mol. The molecule has 4 nitrogen and oxygen atoms in total. The highest BCUT2D eigenvalue weighted by Gasteiger charge is 2.26. The maximum absolute atomic E-state index is 5.43. The molecule has 1 unspecified atom stereocenters. The van der Waals surface area contributed by atoms with Crippen LogP contribution in [0.3, 0.4) is 0 Å². The van der Waals surface area contributed by atoms with Gasteiger partial charge >= 0.3 is 0 Å². The van der Waals surface area contributed by atoms with Crippen LogP contribution in [0.4, 0.5) is 5.69 Å². The number of hydrogen-bond acceptors (Lipinski definition) is 2. The predicted molar refractivity (Wildman–Crippen MR) is 91.2 cm³/mol. The molecule has 5 heteroatoms. The Labute approximate surface area is 132 Å². The zero-order chi connectivity index (χ0) is 15.1. The summed E-state index contributed by atoms with van der Waals surface area (Å²) in [6.45, 7) is 8.36. The van der Waals surface area contributed by atoms with Crippen LogP contribution in [0.25, 0.3) is 0 Å². The molecule has 2 rings (SSSR count). The number of quaternary nitrogens is 1. The lowest BCUT2D eigenvalue weighted by atomic mass is 10.2. The molecule has 0 spiro atoms. The van der Waals surface area contributed by atoms with Gasteiger partial charge in [-0.25, -0.2) is 0 Å². The molecule has 1 saturated heterocycles. The van der Waals surface area contributed by atoms with Crippen LogP contribution < -0.4 is 20.3 Å². The average Bonchev–Trinajstić information content (AvgIpc) is 2.95. The molecular weight excluding hydrogens is 282 g/mol. The number of likely N-dealkylation sites (N-methyl/N-ethyl adjacent to an activating group) is 1. The standard InChI is InChI=1S/C16H25N3OS/c1-3-19-11-5-6-14(19)12-17-16(21)18-13-7-9-15(10-8-13)20-4-2/h7-10,14H,3-6,11-12H2,1-2H3,(H2,17,18,21)/p+1/t14-/m1/s1. The summed E-state index contributed by atoms with van der Waals surface area (Å²) in [5.74, 6) is 0.884. The Balaban J connectivity index is 1.76. The van der Waals surface area contributed by atoms with Gasteiger partial charge in [0.15, 0.2) is 5.11 Å². The first-order valence-corrected chi connectivity index (χ1v) is 8.26. The molecule has 1 aliphatic rings. The van der Waals surface area contributed by atoms with E-state index < -0.39 is 0 Å². The number of nitrogens with one attached hydrogen (secondary N) is 3. The molecule has 1 aromatic carbocycles. The molecule has 1 fully saturated rings. The highest BCUT2D eigenvalue weighted by atomic mass is 32.1. The SMILES string of the molecule is CCOc1ccc(NC(=S)NC[C@H]2CCC[NH+]2CC)cc1. The van der Waals surface area contributed by atoms with E-state index in [4.69, 9.17) is 17.0 Å². The molecule has 0 saturated carbocycles. The third-order valence-corrected chi connectivity index (χ3v) is 4.26. The van der Waals surface area contributed by atoms with E-state index in [1.807, 2.05) is 31.2 Å². The highest BCUT2D eigenvalue weighted by molar-refractivity contribution is 7.80. The lowest BCUT2D eigenvalue weighted by molar-refractivity contribution is -0.909. The van der Waals surface area contributed by atoms with Crippen molar-refractivity contribution in [2.45, 2.75) is 32.7 Å². The number of thiocarbonyl (C=S) groups is 1. The van der Waals surface area contributed by atoms with Crippen molar-refractivity contribution in [3.05, 3.63) is 24.3 Å². The van der Waals surface area contributed by atoms with Gasteiger partial charge in [-0.1, -0.05) is 0 Å². The fraction of sp³-hybridized carbons (Fsp3) is 0.562. The van der Waals surface area contributed by atoms with Crippen molar-refractivity contribution in [1.82, 2.24) is 5.32 Å². The Morgan fingerprint density at radius 3 is 2.76 bits per heavy atom. The molecule has 21 heavy (non-hydrogen) atoms. The molecule has 1 heterocycles. The van der Waals surface area contributed by atoms with E-state index in [0.29, 0.717) is 17.8 Å². The van der Waals surface area contributed by atoms with E-state index in [2.05, 4.69) is 17.6 Å². The van der Waals surface area contributed by atoms with E-state index in [-0.39, 0.29) is 0 Å². The van der Waals surface area contributed by atoms with Crippen molar-refractivity contribution in [2.75, 3.05) is 31.6 Å². The molecule has 1 aromatic rings. The van der Waals surface area contributed by atoms with Crippen LogP contribution in [0.5, 0.6) is 5.75 Å². The van der Waals surface area contributed by atoms with Gasteiger partial charge in [0.1, 0.15) is 11.8 Å². The molecule has 3 N–H and O–H groups in total. The van der Waals surface area contributed by atoms with Gasteiger partial charge < -0.3 is 20.3 Å². The Morgan fingerprint density at radius 1 is 1.33 bits per heavy atom. The molecule has 0 amide bonds. The molecule has 116 valence electrons. The Kier molecular flexibility index (Phi) is 6.26. The smallest absolute Gasteiger partial charge is 0.170 e. The zero-order valence-corrected chi connectivity index (χ0v) is 13.8. The maximum Gasteiger partial charge on any atom is 0.170 e. The van der Waals surface area contributed by atoms with E-state index in [1.54, 1.807) is 4.90 Å². The summed E-state index contributed by atoms with van der Waals surface area (Å²) in [6, 6.07) is 8.56. The van der Waals surface area contributed by atoms with Crippen molar-refractivity contribution in [2.24, 2.45) is 0 Å². The topological polar surface area (TPSA) is 37.7 Å². The summed E-state index contributed by atoms with van der Waals surface area (Å²) in [7, 11) is 0. The largest absolute Gasteiger partial charge is 0.494 e. The minimum absolute atomic E-state index is 0.685. The first-order valence-electron chi connectivity index (χ1n) is 7.85. The maximum atomic E-state index is 5.43. The van der Waals surface area contributed by atoms with Crippen LogP contribution in [-0.4, -0.2) is 37.4 Å². The number of hydrogen-bond donors (Lipinski definition) is 3. The van der Waals surface area contributed by atoms with Crippen LogP contribution in [0.15, 0.2) is 24.3 Å². The van der Waals surface area contributed by atoms with Crippen LogP contribution in [-0.2, 0) is 0 Å². The minimum Gasteiger partial charge on any atom is -0.494 e. The molecular formula is C16H26N3OS+. The van der Waals surface area contributed by atoms with Gasteiger partial charge in [0, 0.05) is 18.5 Å². The zero-order valence-electron chi connectivity index (χ0n) is 12.9. The van der Waals surface area contributed by atoms with Crippen molar-refractivity contribution in [3.63, 3.8) is 0 Å². The minimum atomic E-state index is 0.685.